The van der Waals surface area contributed by atoms with E-state index in [0.29, 0.717) is 6.07 Å². The van der Waals surface area contributed by atoms with Crippen molar-refractivity contribution in [2.45, 2.75) is 44.7 Å². The van der Waals surface area contributed by atoms with Crippen molar-refractivity contribution in [3.8, 4) is 0 Å². The molecule has 20 heavy (non-hydrogen) atoms. The summed E-state index contributed by atoms with van der Waals surface area (Å²) >= 11 is -1.50. The van der Waals surface area contributed by atoms with Crippen LogP contribution < -0.4 is 4.72 Å². The molecule has 0 saturated heterocycles. The fraction of sp³-hybridized carbons (Fsp3) is 0.538. The van der Waals surface area contributed by atoms with Crippen LogP contribution in [0.3, 0.4) is 0 Å². The van der Waals surface area contributed by atoms with Crippen molar-refractivity contribution in [3.63, 3.8) is 0 Å². The molecule has 2 unspecified atom stereocenters. The third-order valence-corrected chi connectivity index (χ3v) is 4.32. The second-order valence-electron chi connectivity index (χ2n) is 5.43. The standard InChI is InChI=1S/C13H17F4NOS/c1-8(18-20(19)12(2,3)4)9-6-5-7-10(11(9)14)13(15,16)17/h5-8,18H,1-4H3. The predicted molar refractivity (Wildman–Crippen MR) is 70.8 cm³/mol. The van der Waals surface area contributed by atoms with Crippen LogP contribution in [0.25, 0.3) is 0 Å². The van der Waals surface area contributed by atoms with Crippen molar-refractivity contribution in [2.75, 3.05) is 0 Å². The highest BCUT2D eigenvalue weighted by molar-refractivity contribution is 7.90. The largest absolute Gasteiger partial charge is 0.598 e. The lowest BCUT2D eigenvalue weighted by molar-refractivity contribution is -0.140. The maximum atomic E-state index is 13.9. The molecule has 0 spiro atoms. The van der Waals surface area contributed by atoms with Gasteiger partial charge in [0.1, 0.15) is 10.6 Å². The van der Waals surface area contributed by atoms with Gasteiger partial charge in [-0.1, -0.05) is 12.1 Å². The molecule has 1 aromatic rings. The van der Waals surface area contributed by atoms with Crippen molar-refractivity contribution >= 4 is 11.4 Å². The first-order valence-electron chi connectivity index (χ1n) is 5.98. The molecule has 0 fully saturated rings. The lowest BCUT2D eigenvalue weighted by atomic mass is 10.0. The van der Waals surface area contributed by atoms with E-state index in [9.17, 15) is 22.1 Å². The number of hydrogen-bond donors (Lipinski definition) is 1. The number of rotatable bonds is 3. The average molecular weight is 311 g/mol. The first-order chi connectivity index (χ1) is 8.94. The fourth-order valence-electron chi connectivity index (χ4n) is 1.50. The van der Waals surface area contributed by atoms with Crippen LogP contribution in [0.1, 0.15) is 44.9 Å². The van der Waals surface area contributed by atoms with Gasteiger partial charge in [0.05, 0.1) is 11.6 Å². The van der Waals surface area contributed by atoms with Crippen LogP contribution in [0.5, 0.6) is 0 Å². The Hall–Kier alpha value is -0.790. The molecule has 0 amide bonds. The molecule has 0 aliphatic carbocycles. The quantitative estimate of drug-likeness (QED) is 0.677. The monoisotopic (exact) mass is 311 g/mol. The summed E-state index contributed by atoms with van der Waals surface area (Å²) in [6, 6.07) is 2.28. The first-order valence-corrected chi connectivity index (χ1v) is 7.13. The number of halogens is 4. The maximum Gasteiger partial charge on any atom is 0.419 e. The lowest BCUT2D eigenvalue weighted by Crippen LogP contribution is -2.40. The number of benzene rings is 1. The zero-order valence-corrected chi connectivity index (χ0v) is 12.5. The SMILES string of the molecule is CC(N[S+]([O-])C(C)(C)C)c1cccc(C(F)(F)F)c1F. The molecular formula is C13H17F4NOS. The Balaban J connectivity index is 3.03. The van der Waals surface area contributed by atoms with Crippen LogP contribution in [0.15, 0.2) is 18.2 Å². The van der Waals surface area contributed by atoms with E-state index >= 15 is 0 Å². The molecule has 0 radical (unpaired) electrons. The molecule has 1 rings (SSSR count). The zero-order chi connectivity index (χ0) is 15.7. The number of alkyl halides is 3. The topological polar surface area (TPSA) is 35.1 Å². The van der Waals surface area contributed by atoms with Crippen molar-refractivity contribution in [1.29, 1.82) is 0 Å². The van der Waals surface area contributed by atoms with E-state index in [0.717, 1.165) is 6.07 Å². The Morgan fingerprint density at radius 1 is 1.20 bits per heavy atom. The molecule has 1 aromatic carbocycles. The third kappa shape index (κ3) is 4.10. The summed E-state index contributed by atoms with van der Waals surface area (Å²) in [6.07, 6.45) is -4.75. The third-order valence-electron chi connectivity index (χ3n) is 2.64. The first kappa shape index (κ1) is 17.3. The highest BCUT2D eigenvalue weighted by Crippen LogP contribution is 2.34. The predicted octanol–water partition coefficient (Wildman–Crippen LogP) is 3.96. The molecule has 2 atom stereocenters. The minimum Gasteiger partial charge on any atom is -0.598 e. The number of hydrogen-bond acceptors (Lipinski definition) is 2. The summed E-state index contributed by atoms with van der Waals surface area (Å²) in [5, 5.41) is 0. The lowest BCUT2D eigenvalue weighted by Gasteiger charge is -2.27. The molecular weight excluding hydrogens is 294 g/mol. The average Bonchev–Trinajstić information content (AvgIpc) is 2.26. The van der Waals surface area contributed by atoms with Gasteiger partial charge in [-0.3, -0.25) is 0 Å². The van der Waals surface area contributed by atoms with Crippen molar-refractivity contribution < 1.29 is 22.1 Å². The Morgan fingerprint density at radius 2 is 1.75 bits per heavy atom. The molecule has 0 bridgehead atoms. The van der Waals surface area contributed by atoms with Crippen LogP contribution in [-0.4, -0.2) is 9.30 Å². The molecule has 0 saturated carbocycles. The minimum absolute atomic E-state index is 0.155. The summed E-state index contributed by atoms with van der Waals surface area (Å²) in [5.74, 6) is -1.33. The second kappa shape index (κ2) is 5.91. The van der Waals surface area contributed by atoms with E-state index in [-0.39, 0.29) is 5.56 Å². The number of nitrogens with one attached hydrogen (secondary N) is 1. The highest BCUT2D eigenvalue weighted by Gasteiger charge is 2.36. The molecule has 114 valence electrons. The molecule has 0 aromatic heterocycles. The highest BCUT2D eigenvalue weighted by atomic mass is 32.2. The van der Waals surface area contributed by atoms with Gasteiger partial charge in [0.15, 0.2) is 0 Å². The zero-order valence-electron chi connectivity index (χ0n) is 11.6. The fourth-order valence-corrected chi connectivity index (χ4v) is 2.31. The van der Waals surface area contributed by atoms with Gasteiger partial charge in [0, 0.05) is 16.9 Å². The van der Waals surface area contributed by atoms with Gasteiger partial charge in [-0.25, -0.2) is 4.39 Å². The van der Waals surface area contributed by atoms with Crippen molar-refractivity contribution in [3.05, 3.63) is 35.1 Å². The van der Waals surface area contributed by atoms with Gasteiger partial charge < -0.3 is 4.55 Å². The van der Waals surface area contributed by atoms with Gasteiger partial charge in [-0.15, -0.1) is 4.72 Å². The van der Waals surface area contributed by atoms with Gasteiger partial charge >= 0.3 is 6.18 Å². The smallest absolute Gasteiger partial charge is 0.419 e. The van der Waals surface area contributed by atoms with E-state index in [2.05, 4.69) is 4.72 Å². The van der Waals surface area contributed by atoms with E-state index in [1.54, 1.807) is 20.8 Å². The van der Waals surface area contributed by atoms with E-state index in [1.807, 2.05) is 0 Å². The second-order valence-corrected chi connectivity index (χ2v) is 7.43. The summed E-state index contributed by atoms with van der Waals surface area (Å²) in [5.41, 5.74) is -1.47. The van der Waals surface area contributed by atoms with E-state index < -0.39 is 39.7 Å². The molecule has 0 aliphatic heterocycles. The molecule has 1 N–H and O–H groups in total. The van der Waals surface area contributed by atoms with Gasteiger partial charge in [-0.05, 0) is 33.8 Å². The molecule has 7 heteroatoms. The van der Waals surface area contributed by atoms with Crippen LogP contribution in [-0.2, 0) is 17.5 Å². The molecule has 0 heterocycles. The van der Waals surface area contributed by atoms with Crippen LogP contribution >= 0.6 is 0 Å². The molecule has 2 nitrogen and oxygen atoms in total. The van der Waals surface area contributed by atoms with Crippen molar-refractivity contribution in [2.24, 2.45) is 0 Å². The summed E-state index contributed by atoms with van der Waals surface area (Å²) in [7, 11) is 0. The Bertz CT molecular complexity index is 470. The van der Waals surface area contributed by atoms with Crippen LogP contribution in [0.2, 0.25) is 0 Å². The summed E-state index contributed by atoms with van der Waals surface area (Å²) < 4.78 is 65.7. The minimum atomic E-state index is -4.75. The van der Waals surface area contributed by atoms with Gasteiger partial charge in [-0.2, -0.15) is 13.2 Å². The maximum absolute atomic E-state index is 13.9. The van der Waals surface area contributed by atoms with E-state index in [4.69, 9.17) is 0 Å². The summed E-state index contributed by atoms with van der Waals surface area (Å²) in [6.45, 7) is 6.62. The molecule has 0 aliphatic rings. The van der Waals surface area contributed by atoms with E-state index in [1.165, 1.54) is 13.0 Å². The Morgan fingerprint density at radius 3 is 2.20 bits per heavy atom. The van der Waals surface area contributed by atoms with Gasteiger partial charge in [0.25, 0.3) is 0 Å². The summed E-state index contributed by atoms with van der Waals surface area (Å²) in [4.78, 5) is 0. The van der Waals surface area contributed by atoms with Crippen LogP contribution in [0.4, 0.5) is 17.6 Å². The van der Waals surface area contributed by atoms with Crippen molar-refractivity contribution in [1.82, 2.24) is 4.72 Å². The van der Waals surface area contributed by atoms with Gasteiger partial charge in [0.2, 0.25) is 0 Å². The normalized spacial score (nSPS) is 16.1. The van der Waals surface area contributed by atoms with Crippen LogP contribution in [0, 0.1) is 5.82 Å². The Labute approximate surface area is 118 Å². The Kier molecular flexibility index (Phi) is 5.10.